The highest BCUT2D eigenvalue weighted by atomic mass is 15.1. The van der Waals surface area contributed by atoms with E-state index in [1.807, 2.05) is 0 Å². The number of unbranched alkanes of at least 4 members (excludes halogenated alkanes) is 2. The number of anilines is 1. The van der Waals surface area contributed by atoms with E-state index in [1.165, 1.54) is 36.9 Å². The van der Waals surface area contributed by atoms with Crippen molar-refractivity contribution in [1.29, 1.82) is 0 Å². The van der Waals surface area contributed by atoms with Crippen LogP contribution in [0.25, 0.3) is 0 Å². The van der Waals surface area contributed by atoms with Gasteiger partial charge >= 0.3 is 0 Å². The van der Waals surface area contributed by atoms with Crippen molar-refractivity contribution in [1.82, 2.24) is 5.32 Å². The fraction of sp³-hybridized carbons (Fsp3) is 0.647. The maximum Gasteiger partial charge on any atom is 0.0412 e. The molecule has 0 aliphatic carbocycles. The van der Waals surface area contributed by atoms with Crippen molar-refractivity contribution in [3.8, 4) is 0 Å². The fourth-order valence-electron chi connectivity index (χ4n) is 2.39. The molecule has 0 bridgehead atoms. The van der Waals surface area contributed by atoms with Crippen molar-refractivity contribution in [2.45, 2.75) is 52.5 Å². The predicted octanol–water partition coefficient (Wildman–Crippen LogP) is 4.37. The number of nitrogens with zero attached hydrogens (tertiary/aromatic N) is 1. The molecule has 1 aromatic carbocycles. The summed E-state index contributed by atoms with van der Waals surface area (Å²) in [4.78, 5) is 2.40. The maximum atomic E-state index is 3.58. The number of hydrogen-bond acceptors (Lipinski definition) is 2. The lowest BCUT2D eigenvalue weighted by molar-refractivity contribution is 0.569. The predicted molar refractivity (Wildman–Crippen MR) is 85.9 cm³/mol. The fourth-order valence-corrected chi connectivity index (χ4v) is 2.39. The zero-order valence-electron chi connectivity index (χ0n) is 13.1. The molecule has 0 fully saturated rings. The molecule has 0 heterocycles. The lowest BCUT2D eigenvalue weighted by atomic mass is 10.0. The molecule has 0 saturated carbocycles. The molecule has 1 atom stereocenters. The Morgan fingerprint density at radius 1 is 1.11 bits per heavy atom. The topological polar surface area (TPSA) is 15.3 Å². The van der Waals surface area contributed by atoms with E-state index in [2.05, 4.69) is 62.3 Å². The second kappa shape index (κ2) is 8.98. The Morgan fingerprint density at radius 3 is 2.53 bits per heavy atom. The van der Waals surface area contributed by atoms with E-state index in [-0.39, 0.29) is 0 Å². The molecule has 0 spiro atoms. The van der Waals surface area contributed by atoms with Crippen molar-refractivity contribution in [3.05, 3.63) is 29.8 Å². The molecule has 2 heteroatoms. The number of para-hydroxylation sites is 1. The van der Waals surface area contributed by atoms with Crippen molar-refractivity contribution in [3.63, 3.8) is 0 Å². The average molecular weight is 262 g/mol. The highest BCUT2D eigenvalue weighted by molar-refractivity contribution is 5.54. The SMILES string of the molecule is CCCCCN(C)c1ccccc1C(C)NCCC. The molecule has 1 N–H and O–H groups in total. The van der Waals surface area contributed by atoms with E-state index in [0.717, 1.165) is 13.1 Å². The summed E-state index contributed by atoms with van der Waals surface area (Å²) in [5.74, 6) is 0. The molecule has 0 amide bonds. The molecular weight excluding hydrogens is 232 g/mol. The highest BCUT2D eigenvalue weighted by Gasteiger charge is 2.12. The highest BCUT2D eigenvalue weighted by Crippen LogP contribution is 2.25. The molecule has 19 heavy (non-hydrogen) atoms. The summed E-state index contributed by atoms with van der Waals surface area (Å²) in [6.07, 6.45) is 5.05. The van der Waals surface area contributed by atoms with Gasteiger partial charge in [0.05, 0.1) is 0 Å². The Kier molecular flexibility index (Phi) is 7.57. The molecule has 1 rings (SSSR count). The van der Waals surface area contributed by atoms with Gasteiger partial charge in [0.25, 0.3) is 0 Å². The minimum absolute atomic E-state index is 0.421. The summed E-state index contributed by atoms with van der Waals surface area (Å²) in [7, 11) is 2.21. The Morgan fingerprint density at radius 2 is 1.84 bits per heavy atom. The minimum atomic E-state index is 0.421. The van der Waals surface area contributed by atoms with Gasteiger partial charge in [-0.3, -0.25) is 0 Å². The molecule has 2 nitrogen and oxygen atoms in total. The van der Waals surface area contributed by atoms with Gasteiger partial charge in [-0.15, -0.1) is 0 Å². The van der Waals surface area contributed by atoms with Gasteiger partial charge in [-0.25, -0.2) is 0 Å². The van der Waals surface area contributed by atoms with Gasteiger partial charge < -0.3 is 10.2 Å². The number of benzene rings is 1. The van der Waals surface area contributed by atoms with Crippen LogP contribution in [0.5, 0.6) is 0 Å². The van der Waals surface area contributed by atoms with Crippen LogP contribution in [0.3, 0.4) is 0 Å². The summed E-state index contributed by atoms with van der Waals surface area (Å²) in [5, 5.41) is 3.58. The van der Waals surface area contributed by atoms with E-state index in [1.54, 1.807) is 0 Å². The maximum absolute atomic E-state index is 3.58. The van der Waals surface area contributed by atoms with Crippen molar-refractivity contribution in [2.24, 2.45) is 0 Å². The first kappa shape index (κ1) is 16.0. The van der Waals surface area contributed by atoms with Crippen LogP contribution >= 0.6 is 0 Å². The Bertz CT molecular complexity index is 349. The van der Waals surface area contributed by atoms with Crippen molar-refractivity contribution < 1.29 is 0 Å². The standard InChI is InChI=1S/C17H30N2/c1-5-7-10-14-19(4)17-12-9-8-11-16(17)15(3)18-13-6-2/h8-9,11-12,15,18H,5-7,10,13-14H2,1-4H3. The third kappa shape index (κ3) is 5.23. The van der Waals surface area contributed by atoms with E-state index < -0.39 is 0 Å². The van der Waals surface area contributed by atoms with Crippen LogP contribution in [-0.4, -0.2) is 20.1 Å². The van der Waals surface area contributed by atoms with Crippen LogP contribution in [0.1, 0.15) is 58.1 Å². The van der Waals surface area contributed by atoms with E-state index in [9.17, 15) is 0 Å². The van der Waals surface area contributed by atoms with Gasteiger partial charge in [0.2, 0.25) is 0 Å². The minimum Gasteiger partial charge on any atom is -0.374 e. The van der Waals surface area contributed by atoms with Gasteiger partial charge in [-0.2, -0.15) is 0 Å². The van der Waals surface area contributed by atoms with Gasteiger partial charge in [-0.05, 0) is 37.9 Å². The quantitative estimate of drug-likeness (QED) is 0.665. The average Bonchev–Trinajstić information content (AvgIpc) is 2.45. The van der Waals surface area contributed by atoms with E-state index >= 15 is 0 Å². The molecule has 0 aliphatic rings. The Balaban J connectivity index is 2.71. The van der Waals surface area contributed by atoms with Crippen LogP contribution in [0.15, 0.2) is 24.3 Å². The van der Waals surface area contributed by atoms with E-state index in [0.29, 0.717) is 6.04 Å². The molecule has 0 aromatic heterocycles. The first-order valence-electron chi connectivity index (χ1n) is 7.74. The molecule has 0 saturated heterocycles. The first-order chi connectivity index (χ1) is 9.20. The van der Waals surface area contributed by atoms with Crippen LogP contribution < -0.4 is 10.2 Å². The Labute approximate surface area is 119 Å². The van der Waals surface area contributed by atoms with Gasteiger partial charge in [0.1, 0.15) is 0 Å². The molecular formula is C17H30N2. The zero-order chi connectivity index (χ0) is 14.1. The van der Waals surface area contributed by atoms with Crippen LogP contribution in [-0.2, 0) is 0 Å². The third-order valence-electron chi connectivity index (χ3n) is 3.61. The second-order valence-electron chi connectivity index (χ2n) is 5.36. The monoisotopic (exact) mass is 262 g/mol. The summed E-state index contributed by atoms with van der Waals surface area (Å²) < 4.78 is 0. The number of rotatable bonds is 9. The third-order valence-corrected chi connectivity index (χ3v) is 3.61. The van der Waals surface area contributed by atoms with Crippen LogP contribution in [0, 0.1) is 0 Å². The Hall–Kier alpha value is -1.02. The van der Waals surface area contributed by atoms with Crippen molar-refractivity contribution in [2.75, 3.05) is 25.0 Å². The van der Waals surface area contributed by atoms with Crippen LogP contribution in [0.2, 0.25) is 0 Å². The van der Waals surface area contributed by atoms with Crippen molar-refractivity contribution >= 4 is 5.69 Å². The molecule has 1 aromatic rings. The molecule has 108 valence electrons. The van der Waals surface area contributed by atoms with Crippen LogP contribution in [0.4, 0.5) is 5.69 Å². The number of nitrogens with one attached hydrogen (secondary N) is 1. The number of hydrogen-bond donors (Lipinski definition) is 1. The molecule has 1 unspecified atom stereocenters. The van der Waals surface area contributed by atoms with Gasteiger partial charge in [0, 0.05) is 25.3 Å². The lowest BCUT2D eigenvalue weighted by Crippen LogP contribution is -2.24. The summed E-state index contributed by atoms with van der Waals surface area (Å²) in [6, 6.07) is 9.19. The normalized spacial score (nSPS) is 12.4. The summed E-state index contributed by atoms with van der Waals surface area (Å²) >= 11 is 0. The lowest BCUT2D eigenvalue weighted by Gasteiger charge is -2.25. The van der Waals surface area contributed by atoms with Gasteiger partial charge in [0.15, 0.2) is 0 Å². The molecule has 0 aliphatic heterocycles. The smallest absolute Gasteiger partial charge is 0.0412 e. The summed E-state index contributed by atoms with van der Waals surface area (Å²) in [5.41, 5.74) is 2.78. The molecule has 0 radical (unpaired) electrons. The first-order valence-corrected chi connectivity index (χ1v) is 7.74. The largest absolute Gasteiger partial charge is 0.374 e. The zero-order valence-corrected chi connectivity index (χ0v) is 13.1. The second-order valence-corrected chi connectivity index (χ2v) is 5.36. The van der Waals surface area contributed by atoms with Gasteiger partial charge in [-0.1, -0.05) is 44.9 Å². The summed E-state index contributed by atoms with van der Waals surface area (Å²) in [6.45, 7) is 8.95. The van der Waals surface area contributed by atoms with E-state index in [4.69, 9.17) is 0 Å².